The molecule has 1 aromatic heterocycles. The molecular formula is C21H23N5O3. The number of piperidine rings is 1. The summed E-state index contributed by atoms with van der Waals surface area (Å²) in [4.78, 5) is 36.5. The fourth-order valence-electron chi connectivity index (χ4n) is 3.64. The van der Waals surface area contributed by atoms with Crippen LogP contribution in [0.4, 0.5) is 10.5 Å². The highest BCUT2D eigenvalue weighted by atomic mass is 16.7. The molecule has 0 unspecified atom stereocenters. The van der Waals surface area contributed by atoms with Crippen LogP contribution in [0, 0.1) is 0 Å². The number of benzene rings is 1. The van der Waals surface area contributed by atoms with Gasteiger partial charge >= 0.3 is 6.03 Å². The summed E-state index contributed by atoms with van der Waals surface area (Å²) in [7, 11) is 0. The number of carbonyl (C=O) groups excluding carboxylic acids is 2. The number of anilines is 1. The lowest BCUT2D eigenvalue weighted by atomic mass is 9.88. The second-order valence-corrected chi connectivity index (χ2v) is 7.35. The van der Waals surface area contributed by atoms with Gasteiger partial charge in [-0.3, -0.25) is 9.78 Å². The third-order valence-corrected chi connectivity index (χ3v) is 5.13. The lowest BCUT2D eigenvalue weighted by Gasteiger charge is -2.38. The smallest absolute Gasteiger partial charge is 0.321 e. The van der Waals surface area contributed by atoms with Crippen LogP contribution in [0.1, 0.15) is 24.8 Å². The number of urea groups is 1. The summed E-state index contributed by atoms with van der Waals surface area (Å²) in [5.41, 5.74) is 1.39. The number of hydrogen-bond acceptors (Lipinski definition) is 5. The molecule has 150 valence electrons. The number of carbonyl (C=O) groups is 2. The first kappa shape index (κ1) is 18.9. The zero-order valence-corrected chi connectivity index (χ0v) is 16.0. The van der Waals surface area contributed by atoms with Crippen LogP contribution in [0.15, 0.2) is 60.0 Å². The minimum absolute atomic E-state index is 0.173. The number of oxime groups is 1. The van der Waals surface area contributed by atoms with Gasteiger partial charge < -0.3 is 20.4 Å². The molecule has 1 aromatic carbocycles. The van der Waals surface area contributed by atoms with Crippen LogP contribution in [0.2, 0.25) is 0 Å². The number of hydrogen-bond donors (Lipinski definition) is 2. The molecule has 2 aliphatic rings. The summed E-state index contributed by atoms with van der Waals surface area (Å²) >= 11 is 0. The minimum Gasteiger partial charge on any atom is -0.386 e. The fourth-order valence-corrected chi connectivity index (χ4v) is 3.64. The highest BCUT2D eigenvalue weighted by molar-refractivity contribution is 6.39. The van der Waals surface area contributed by atoms with Gasteiger partial charge in [-0.05, 0) is 36.6 Å². The van der Waals surface area contributed by atoms with Gasteiger partial charge in [0.15, 0.2) is 5.60 Å². The molecule has 4 rings (SSSR count). The number of aromatic nitrogens is 1. The van der Waals surface area contributed by atoms with Crippen LogP contribution in [0.3, 0.4) is 0 Å². The standard InChI is InChI=1S/C21H23N5O3/c27-19(23-14-16-6-4-10-22-13-16)18-12-21(29-25-18)9-5-11-26(15-21)20(28)24-17-7-2-1-3-8-17/h1-4,6-8,10,13H,5,9,11-12,14-15H2,(H,23,27)(H,24,28)/t21-/m0/s1. The topological polar surface area (TPSA) is 95.9 Å². The average molecular weight is 393 g/mol. The van der Waals surface area contributed by atoms with E-state index in [0.717, 1.165) is 24.1 Å². The SMILES string of the molecule is O=C(NCc1cccnc1)C1=NO[C@@]2(CCCN(C(=O)Nc3ccccc3)C2)C1. The monoisotopic (exact) mass is 393 g/mol. The van der Waals surface area contributed by atoms with Gasteiger partial charge in [-0.1, -0.05) is 29.4 Å². The van der Waals surface area contributed by atoms with E-state index < -0.39 is 5.60 Å². The molecule has 1 atom stereocenters. The Morgan fingerprint density at radius 1 is 1.17 bits per heavy atom. The van der Waals surface area contributed by atoms with Crippen LogP contribution < -0.4 is 10.6 Å². The maximum Gasteiger partial charge on any atom is 0.321 e. The van der Waals surface area contributed by atoms with Gasteiger partial charge in [0.2, 0.25) is 0 Å². The quantitative estimate of drug-likeness (QED) is 0.834. The number of rotatable bonds is 4. The summed E-state index contributed by atoms with van der Waals surface area (Å²) in [5, 5.41) is 9.78. The first-order chi connectivity index (χ1) is 14.1. The highest BCUT2D eigenvalue weighted by Crippen LogP contribution is 2.33. The van der Waals surface area contributed by atoms with Gasteiger partial charge in [0.1, 0.15) is 5.71 Å². The van der Waals surface area contributed by atoms with Gasteiger partial charge in [-0.15, -0.1) is 0 Å². The Bertz CT molecular complexity index is 903. The Morgan fingerprint density at radius 2 is 2.03 bits per heavy atom. The molecule has 8 nitrogen and oxygen atoms in total. The molecule has 2 aromatic rings. The fraction of sp³-hybridized carbons (Fsp3) is 0.333. The molecule has 2 aliphatic heterocycles. The van der Waals surface area contributed by atoms with Gasteiger partial charge in [-0.25, -0.2) is 4.79 Å². The Labute approximate surface area is 168 Å². The summed E-state index contributed by atoms with van der Waals surface area (Å²) in [6.07, 6.45) is 5.33. The van der Waals surface area contributed by atoms with E-state index in [4.69, 9.17) is 4.84 Å². The molecule has 2 N–H and O–H groups in total. The average Bonchev–Trinajstić information content (AvgIpc) is 3.16. The second-order valence-electron chi connectivity index (χ2n) is 7.35. The zero-order chi connectivity index (χ0) is 20.1. The zero-order valence-electron chi connectivity index (χ0n) is 16.0. The highest BCUT2D eigenvalue weighted by Gasteiger charge is 2.45. The molecular weight excluding hydrogens is 370 g/mol. The summed E-state index contributed by atoms with van der Waals surface area (Å²) in [6.45, 7) is 1.42. The molecule has 0 radical (unpaired) electrons. The lowest BCUT2D eigenvalue weighted by Crippen LogP contribution is -2.52. The second kappa shape index (κ2) is 8.30. The van der Waals surface area contributed by atoms with E-state index in [1.54, 1.807) is 17.3 Å². The minimum atomic E-state index is -0.632. The predicted molar refractivity (Wildman–Crippen MR) is 108 cm³/mol. The summed E-state index contributed by atoms with van der Waals surface area (Å²) in [5.74, 6) is -0.253. The van der Waals surface area contributed by atoms with Gasteiger partial charge in [0.25, 0.3) is 5.91 Å². The van der Waals surface area contributed by atoms with Gasteiger partial charge in [0.05, 0.1) is 6.54 Å². The van der Waals surface area contributed by atoms with Crippen LogP contribution >= 0.6 is 0 Å². The Morgan fingerprint density at radius 3 is 2.83 bits per heavy atom. The molecule has 0 bridgehead atoms. The number of nitrogens with one attached hydrogen (secondary N) is 2. The van der Waals surface area contributed by atoms with Crippen molar-refractivity contribution in [2.75, 3.05) is 18.4 Å². The Balaban J connectivity index is 1.32. The number of para-hydroxylation sites is 1. The third-order valence-electron chi connectivity index (χ3n) is 5.13. The number of amides is 3. The molecule has 8 heteroatoms. The van der Waals surface area contributed by atoms with Crippen molar-refractivity contribution in [3.05, 3.63) is 60.4 Å². The van der Waals surface area contributed by atoms with E-state index in [1.165, 1.54) is 0 Å². The van der Waals surface area contributed by atoms with Crippen LogP contribution in [0.5, 0.6) is 0 Å². The maximum absolute atomic E-state index is 12.6. The van der Waals surface area contributed by atoms with Crippen molar-refractivity contribution >= 4 is 23.3 Å². The van der Waals surface area contributed by atoms with Crippen LogP contribution in [-0.2, 0) is 16.2 Å². The lowest BCUT2D eigenvalue weighted by molar-refractivity contribution is -0.115. The molecule has 1 fully saturated rings. The van der Waals surface area contributed by atoms with E-state index in [2.05, 4.69) is 20.8 Å². The maximum atomic E-state index is 12.6. The Kier molecular flexibility index (Phi) is 5.41. The molecule has 1 spiro atoms. The van der Waals surface area contributed by atoms with Crippen molar-refractivity contribution in [1.82, 2.24) is 15.2 Å². The molecule has 3 amide bonds. The van der Waals surface area contributed by atoms with Crippen molar-refractivity contribution in [3.63, 3.8) is 0 Å². The van der Waals surface area contributed by atoms with E-state index >= 15 is 0 Å². The van der Waals surface area contributed by atoms with Gasteiger partial charge in [0, 0.05) is 37.6 Å². The van der Waals surface area contributed by atoms with E-state index in [1.807, 2.05) is 42.5 Å². The Hall–Kier alpha value is -3.42. The summed E-state index contributed by atoms with van der Waals surface area (Å²) in [6, 6.07) is 12.9. The largest absolute Gasteiger partial charge is 0.386 e. The van der Waals surface area contributed by atoms with Gasteiger partial charge in [-0.2, -0.15) is 0 Å². The van der Waals surface area contributed by atoms with Crippen molar-refractivity contribution < 1.29 is 14.4 Å². The van der Waals surface area contributed by atoms with E-state index in [-0.39, 0.29) is 11.9 Å². The molecule has 0 aliphatic carbocycles. The predicted octanol–water partition coefficient (Wildman–Crippen LogP) is 2.54. The number of nitrogens with zero attached hydrogens (tertiary/aromatic N) is 3. The molecule has 0 saturated carbocycles. The van der Waals surface area contributed by atoms with Crippen molar-refractivity contribution in [2.24, 2.45) is 5.16 Å². The molecule has 1 saturated heterocycles. The first-order valence-electron chi connectivity index (χ1n) is 9.67. The third kappa shape index (κ3) is 4.53. The van der Waals surface area contributed by atoms with Crippen molar-refractivity contribution in [1.29, 1.82) is 0 Å². The number of likely N-dealkylation sites (tertiary alicyclic amines) is 1. The normalized spacial score (nSPS) is 20.7. The van der Waals surface area contributed by atoms with Crippen LogP contribution in [-0.4, -0.2) is 46.2 Å². The van der Waals surface area contributed by atoms with E-state index in [9.17, 15) is 9.59 Å². The molecule has 3 heterocycles. The summed E-state index contributed by atoms with van der Waals surface area (Å²) < 4.78 is 0. The first-order valence-corrected chi connectivity index (χ1v) is 9.67. The van der Waals surface area contributed by atoms with Crippen LogP contribution in [0.25, 0.3) is 0 Å². The molecule has 29 heavy (non-hydrogen) atoms. The number of pyridine rings is 1. The van der Waals surface area contributed by atoms with Crippen molar-refractivity contribution in [2.45, 2.75) is 31.4 Å². The van der Waals surface area contributed by atoms with E-state index in [0.29, 0.717) is 31.8 Å². The van der Waals surface area contributed by atoms with Crippen molar-refractivity contribution in [3.8, 4) is 0 Å².